The van der Waals surface area contributed by atoms with Gasteiger partial charge in [0.15, 0.2) is 0 Å². The highest BCUT2D eigenvalue weighted by Gasteiger charge is 2.37. The van der Waals surface area contributed by atoms with E-state index in [1.807, 2.05) is 36.4 Å². The van der Waals surface area contributed by atoms with E-state index >= 15 is 0 Å². The molecule has 4 heteroatoms. The summed E-state index contributed by atoms with van der Waals surface area (Å²) in [7, 11) is 0. The normalized spacial score (nSPS) is 12.0. The number of hydrogen-bond donors (Lipinski definition) is 0. The molecule has 0 saturated carbocycles. The number of benzene rings is 3. The number of ketones is 1. The summed E-state index contributed by atoms with van der Waals surface area (Å²) in [5.41, 5.74) is 0.376. The molecule has 0 aliphatic heterocycles. The maximum atomic E-state index is 12.4. The summed E-state index contributed by atoms with van der Waals surface area (Å²) in [5, 5.41) is 3.79. The van der Waals surface area contributed by atoms with Gasteiger partial charge in [0.1, 0.15) is 0 Å². The third-order valence-electron chi connectivity index (χ3n) is 3.49. The molecule has 0 aliphatic rings. The van der Waals surface area contributed by atoms with Crippen molar-refractivity contribution in [3.05, 3.63) is 60.2 Å². The molecule has 0 spiro atoms. The maximum absolute atomic E-state index is 12.4. The van der Waals surface area contributed by atoms with Crippen LogP contribution in [-0.4, -0.2) is 12.0 Å². The molecular formula is C17H11F3O. The van der Waals surface area contributed by atoms with Crippen LogP contribution in [0.5, 0.6) is 0 Å². The van der Waals surface area contributed by atoms with E-state index in [4.69, 9.17) is 0 Å². The molecule has 106 valence electrons. The summed E-state index contributed by atoms with van der Waals surface area (Å²) in [6, 6.07) is 16.5. The van der Waals surface area contributed by atoms with Gasteiger partial charge in [0.2, 0.25) is 5.78 Å². The van der Waals surface area contributed by atoms with Crippen LogP contribution in [0.3, 0.4) is 0 Å². The summed E-state index contributed by atoms with van der Waals surface area (Å²) < 4.78 is 37.1. The van der Waals surface area contributed by atoms with Gasteiger partial charge in [-0.2, -0.15) is 13.2 Å². The molecule has 3 aromatic carbocycles. The number of carbonyl (C=O) groups is 1. The Balaban J connectivity index is 2.10. The fourth-order valence-corrected chi connectivity index (χ4v) is 2.44. The highest BCUT2D eigenvalue weighted by Crippen LogP contribution is 2.27. The number of rotatable bonds is 2. The molecule has 0 N–H and O–H groups in total. The van der Waals surface area contributed by atoms with Crippen LogP contribution < -0.4 is 0 Å². The lowest BCUT2D eigenvalue weighted by Gasteiger charge is -2.08. The zero-order chi connectivity index (χ0) is 15.0. The Morgan fingerprint density at radius 1 is 0.857 bits per heavy atom. The monoisotopic (exact) mass is 288 g/mol. The predicted molar refractivity (Wildman–Crippen MR) is 76.2 cm³/mol. The van der Waals surface area contributed by atoms with E-state index in [0.717, 1.165) is 21.5 Å². The summed E-state index contributed by atoms with van der Waals surface area (Å²) in [6.45, 7) is 0. The van der Waals surface area contributed by atoms with Crippen LogP contribution in [0.4, 0.5) is 13.2 Å². The van der Waals surface area contributed by atoms with Gasteiger partial charge in [-0.1, -0.05) is 54.6 Å². The Morgan fingerprint density at radius 3 is 2.19 bits per heavy atom. The number of alkyl halides is 3. The molecule has 3 aromatic rings. The number of carbonyl (C=O) groups excluding carboxylic acids is 1. The van der Waals surface area contributed by atoms with Crippen LogP contribution in [0.2, 0.25) is 0 Å². The molecule has 0 atom stereocenters. The third-order valence-corrected chi connectivity index (χ3v) is 3.49. The molecule has 0 bridgehead atoms. The molecule has 0 saturated heterocycles. The SMILES string of the molecule is O=C(Cc1ccc2ccc3ccccc3c2c1)C(F)(F)F. The van der Waals surface area contributed by atoms with Gasteiger partial charge in [-0.15, -0.1) is 0 Å². The minimum absolute atomic E-state index is 0.376. The lowest BCUT2D eigenvalue weighted by Crippen LogP contribution is -2.24. The zero-order valence-corrected chi connectivity index (χ0v) is 10.9. The standard InChI is InChI=1S/C17H11F3O/c18-17(19,20)16(21)10-11-5-6-13-8-7-12-3-1-2-4-14(12)15(13)9-11/h1-9H,10H2. The van der Waals surface area contributed by atoms with Gasteiger partial charge in [-0.05, 0) is 27.1 Å². The predicted octanol–water partition coefficient (Wildman–Crippen LogP) is 4.67. The highest BCUT2D eigenvalue weighted by molar-refractivity contribution is 6.07. The van der Waals surface area contributed by atoms with Crippen molar-refractivity contribution < 1.29 is 18.0 Å². The average molecular weight is 288 g/mol. The van der Waals surface area contributed by atoms with Crippen LogP contribution in [0, 0.1) is 0 Å². The smallest absolute Gasteiger partial charge is 0.289 e. The van der Waals surface area contributed by atoms with Crippen LogP contribution in [0.1, 0.15) is 5.56 Å². The Labute approximate surface area is 119 Å². The van der Waals surface area contributed by atoms with E-state index < -0.39 is 18.4 Å². The average Bonchev–Trinajstić information content (AvgIpc) is 2.46. The second kappa shape index (κ2) is 4.88. The van der Waals surface area contributed by atoms with Gasteiger partial charge >= 0.3 is 6.18 Å². The fraction of sp³-hybridized carbons (Fsp3) is 0.118. The number of halogens is 3. The molecule has 0 aromatic heterocycles. The van der Waals surface area contributed by atoms with Crippen molar-refractivity contribution in [2.24, 2.45) is 0 Å². The first kappa shape index (κ1) is 13.6. The van der Waals surface area contributed by atoms with Crippen molar-refractivity contribution >= 4 is 27.3 Å². The Morgan fingerprint density at radius 2 is 1.48 bits per heavy atom. The molecule has 0 heterocycles. The van der Waals surface area contributed by atoms with Gasteiger partial charge in [-0.3, -0.25) is 4.79 Å². The van der Waals surface area contributed by atoms with Crippen molar-refractivity contribution in [3.63, 3.8) is 0 Å². The van der Waals surface area contributed by atoms with Crippen molar-refractivity contribution in [3.8, 4) is 0 Å². The Hall–Kier alpha value is -2.36. The fourth-order valence-electron chi connectivity index (χ4n) is 2.44. The molecule has 0 radical (unpaired) electrons. The maximum Gasteiger partial charge on any atom is 0.450 e. The van der Waals surface area contributed by atoms with Crippen LogP contribution in [-0.2, 0) is 11.2 Å². The lowest BCUT2D eigenvalue weighted by atomic mass is 9.98. The van der Waals surface area contributed by atoms with Gasteiger partial charge in [0, 0.05) is 6.42 Å². The first-order chi connectivity index (χ1) is 9.95. The third kappa shape index (κ3) is 2.61. The van der Waals surface area contributed by atoms with E-state index in [0.29, 0.717) is 5.56 Å². The summed E-state index contributed by atoms with van der Waals surface area (Å²) >= 11 is 0. The summed E-state index contributed by atoms with van der Waals surface area (Å²) in [5.74, 6) is -1.72. The summed E-state index contributed by atoms with van der Waals surface area (Å²) in [4.78, 5) is 11.1. The Kier molecular flexibility index (Phi) is 3.16. The van der Waals surface area contributed by atoms with E-state index in [9.17, 15) is 18.0 Å². The molecule has 0 fully saturated rings. The molecule has 0 aliphatic carbocycles. The van der Waals surface area contributed by atoms with E-state index in [1.165, 1.54) is 0 Å². The molecule has 3 rings (SSSR count). The van der Waals surface area contributed by atoms with Crippen molar-refractivity contribution in [2.75, 3.05) is 0 Å². The molecule has 0 unspecified atom stereocenters. The quantitative estimate of drug-likeness (QED) is 0.626. The van der Waals surface area contributed by atoms with Gasteiger partial charge in [0.25, 0.3) is 0 Å². The van der Waals surface area contributed by atoms with Gasteiger partial charge in [0.05, 0.1) is 0 Å². The van der Waals surface area contributed by atoms with Crippen molar-refractivity contribution in [1.82, 2.24) is 0 Å². The largest absolute Gasteiger partial charge is 0.450 e. The van der Waals surface area contributed by atoms with Gasteiger partial charge < -0.3 is 0 Å². The molecule has 1 nitrogen and oxygen atoms in total. The second-order valence-corrected chi connectivity index (χ2v) is 4.94. The lowest BCUT2D eigenvalue weighted by molar-refractivity contribution is -0.170. The number of hydrogen-bond acceptors (Lipinski definition) is 1. The van der Waals surface area contributed by atoms with Crippen LogP contribution >= 0.6 is 0 Å². The van der Waals surface area contributed by atoms with E-state index in [-0.39, 0.29) is 0 Å². The minimum Gasteiger partial charge on any atom is -0.289 e. The van der Waals surface area contributed by atoms with Crippen LogP contribution in [0.25, 0.3) is 21.5 Å². The van der Waals surface area contributed by atoms with Gasteiger partial charge in [-0.25, -0.2) is 0 Å². The highest BCUT2D eigenvalue weighted by atomic mass is 19.4. The second-order valence-electron chi connectivity index (χ2n) is 4.94. The van der Waals surface area contributed by atoms with E-state index in [1.54, 1.807) is 18.2 Å². The zero-order valence-electron chi connectivity index (χ0n) is 10.9. The topological polar surface area (TPSA) is 17.1 Å². The number of fused-ring (bicyclic) bond motifs is 3. The Bertz CT molecular complexity index is 834. The first-order valence-electron chi connectivity index (χ1n) is 6.45. The van der Waals surface area contributed by atoms with Crippen LogP contribution in [0.15, 0.2) is 54.6 Å². The van der Waals surface area contributed by atoms with Crippen molar-refractivity contribution in [2.45, 2.75) is 12.6 Å². The summed E-state index contributed by atoms with van der Waals surface area (Å²) in [6.07, 6.45) is -5.41. The number of Topliss-reactive ketones (excluding diaryl/α,β-unsaturated/α-hetero) is 1. The minimum atomic E-state index is -4.78. The van der Waals surface area contributed by atoms with Crippen molar-refractivity contribution in [1.29, 1.82) is 0 Å². The molecule has 21 heavy (non-hydrogen) atoms. The molecule has 0 amide bonds. The first-order valence-corrected chi connectivity index (χ1v) is 6.45. The molecular weight excluding hydrogens is 277 g/mol. The van der Waals surface area contributed by atoms with E-state index in [2.05, 4.69) is 0 Å².